The van der Waals surface area contributed by atoms with Crippen LogP contribution in [-0.4, -0.2) is 30.6 Å². The van der Waals surface area contributed by atoms with Crippen molar-refractivity contribution in [3.05, 3.63) is 71.8 Å². The van der Waals surface area contributed by atoms with Crippen molar-refractivity contribution in [2.45, 2.75) is 31.9 Å². The van der Waals surface area contributed by atoms with Crippen LogP contribution in [0.2, 0.25) is 0 Å². The predicted octanol–water partition coefficient (Wildman–Crippen LogP) is 3.38. The molecule has 2 aromatic carbocycles. The number of nitrogens with zero attached hydrogens (tertiary/aromatic N) is 1. The van der Waals surface area contributed by atoms with Gasteiger partial charge in [0.2, 0.25) is 0 Å². The SMILES string of the molecule is c1ccc(COC[C@@H]2[C@H]3CCO[C@H]3ON2Cc2ccccc2)cc1. The molecule has 2 aliphatic heterocycles. The van der Waals surface area contributed by atoms with Crippen LogP contribution in [0.25, 0.3) is 0 Å². The third-order valence-corrected chi connectivity index (χ3v) is 4.77. The Kier molecular flexibility index (Phi) is 4.90. The first-order valence-corrected chi connectivity index (χ1v) is 8.61. The second-order valence-electron chi connectivity index (χ2n) is 6.43. The fraction of sp³-hybridized carbons (Fsp3) is 0.400. The van der Waals surface area contributed by atoms with Gasteiger partial charge in [-0.1, -0.05) is 60.7 Å². The fourth-order valence-corrected chi connectivity index (χ4v) is 3.48. The standard InChI is InChI=1S/C20H23NO3/c1-3-7-16(8-4-1)13-21-19(18-11-12-23-20(18)24-21)15-22-14-17-9-5-2-6-10-17/h1-10,18-20H,11-15H2/t18-,19-,20+/m1/s1. The molecule has 3 atom stereocenters. The van der Waals surface area contributed by atoms with Crippen molar-refractivity contribution in [3.63, 3.8) is 0 Å². The largest absolute Gasteiger partial charge is 0.375 e. The molecule has 2 saturated heterocycles. The summed E-state index contributed by atoms with van der Waals surface area (Å²) in [7, 11) is 0. The van der Waals surface area contributed by atoms with Crippen LogP contribution in [0.1, 0.15) is 17.5 Å². The van der Waals surface area contributed by atoms with Crippen molar-refractivity contribution in [2.24, 2.45) is 5.92 Å². The molecule has 4 nitrogen and oxygen atoms in total. The fourth-order valence-electron chi connectivity index (χ4n) is 3.48. The summed E-state index contributed by atoms with van der Waals surface area (Å²) in [5.41, 5.74) is 2.44. The number of benzene rings is 2. The Morgan fingerprint density at radius 3 is 2.42 bits per heavy atom. The average molecular weight is 325 g/mol. The molecular weight excluding hydrogens is 302 g/mol. The zero-order valence-corrected chi connectivity index (χ0v) is 13.7. The van der Waals surface area contributed by atoms with Crippen LogP contribution in [-0.2, 0) is 27.5 Å². The Balaban J connectivity index is 1.39. The Labute approximate surface area is 142 Å². The lowest BCUT2D eigenvalue weighted by Gasteiger charge is -2.25. The lowest BCUT2D eigenvalue weighted by atomic mass is 9.99. The maximum absolute atomic E-state index is 6.04. The molecule has 0 amide bonds. The molecule has 4 heteroatoms. The highest BCUT2D eigenvalue weighted by molar-refractivity contribution is 5.15. The molecule has 0 N–H and O–H groups in total. The third-order valence-electron chi connectivity index (χ3n) is 4.77. The summed E-state index contributed by atoms with van der Waals surface area (Å²) in [6, 6.07) is 20.9. The molecule has 0 spiro atoms. The summed E-state index contributed by atoms with van der Waals surface area (Å²) < 4.78 is 11.7. The summed E-state index contributed by atoms with van der Waals surface area (Å²) in [5, 5.41) is 2.05. The molecule has 0 unspecified atom stereocenters. The predicted molar refractivity (Wildman–Crippen MR) is 90.8 cm³/mol. The van der Waals surface area contributed by atoms with Gasteiger partial charge < -0.3 is 9.47 Å². The molecule has 126 valence electrons. The Hall–Kier alpha value is -1.72. The summed E-state index contributed by atoms with van der Waals surface area (Å²) in [4.78, 5) is 6.04. The highest BCUT2D eigenvalue weighted by Crippen LogP contribution is 2.36. The van der Waals surface area contributed by atoms with Crippen LogP contribution in [0.5, 0.6) is 0 Å². The number of hydrogen-bond donors (Lipinski definition) is 0. The molecule has 0 bridgehead atoms. The average Bonchev–Trinajstić information content (AvgIpc) is 3.19. The molecule has 0 radical (unpaired) electrons. The molecule has 24 heavy (non-hydrogen) atoms. The van der Waals surface area contributed by atoms with E-state index >= 15 is 0 Å². The first kappa shape index (κ1) is 15.8. The Morgan fingerprint density at radius 1 is 0.958 bits per heavy atom. The summed E-state index contributed by atoms with van der Waals surface area (Å²) in [6.45, 7) is 2.83. The van der Waals surface area contributed by atoms with Crippen molar-refractivity contribution in [2.75, 3.05) is 13.2 Å². The van der Waals surface area contributed by atoms with Crippen LogP contribution in [0, 0.1) is 5.92 Å². The topological polar surface area (TPSA) is 30.9 Å². The van der Waals surface area contributed by atoms with E-state index in [1.54, 1.807) is 0 Å². The van der Waals surface area contributed by atoms with Crippen molar-refractivity contribution in [1.29, 1.82) is 0 Å². The second kappa shape index (κ2) is 7.45. The van der Waals surface area contributed by atoms with Crippen LogP contribution in [0.15, 0.2) is 60.7 Å². The molecule has 2 aliphatic rings. The minimum absolute atomic E-state index is 0.112. The molecule has 0 saturated carbocycles. The molecule has 4 rings (SSSR count). The van der Waals surface area contributed by atoms with Gasteiger partial charge >= 0.3 is 0 Å². The summed E-state index contributed by atoms with van der Waals surface area (Å²) in [6.07, 6.45) is 0.925. The summed E-state index contributed by atoms with van der Waals surface area (Å²) >= 11 is 0. The molecule has 2 aromatic rings. The Bertz CT molecular complexity index is 634. The van der Waals surface area contributed by atoms with E-state index in [9.17, 15) is 0 Å². The monoisotopic (exact) mass is 325 g/mol. The van der Waals surface area contributed by atoms with Gasteiger partial charge in [-0.15, -0.1) is 0 Å². The van der Waals surface area contributed by atoms with Crippen LogP contribution < -0.4 is 0 Å². The maximum Gasteiger partial charge on any atom is 0.182 e. The van der Waals surface area contributed by atoms with Gasteiger partial charge in [0.05, 0.1) is 25.9 Å². The van der Waals surface area contributed by atoms with Gasteiger partial charge in [-0.2, -0.15) is 5.06 Å². The smallest absolute Gasteiger partial charge is 0.182 e. The first-order chi connectivity index (χ1) is 11.9. The third kappa shape index (κ3) is 3.52. The lowest BCUT2D eigenvalue weighted by molar-refractivity contribution is -0.240. The molecule has 2 fully saturated rings. The van der Waals surface area contributed by atoms with E-state index in [0.29, 0.717) is 19.1 Å². The minimum Gasteiger partial charge on any atom is -0.375 e. The highest BCUT2D eigenvalue weighted by atomic mass is 16.8. The van der Waals surface area contributed by atoms with Crippen molar-refractivity contribution in [3.8, 4) is 0 Å². The highest BCUT2D eigenvalue weighted by Gasteiger charge is 2.46. The number of hydrogen-bond acceptors (Lipinski definition) is 4. The van der Waals surface area contributed by atoms with E-state index in [2.05, 4.69) is 41.5 Å². The molecule has 2 heterocycles. The van der Waals surface area contributed by atoms with Crippen molar-refractivity contribution >= 4 is 0 Å². The minimum atomic E-state index is -0.112. The normalized spacial score (nSPS) is 26.6. The van der Waals surface area contributed by atoms with Gasteiger partial charge in [-0.3, -0.25) is 4.84 Å². The van der Waals surface area contributed by atoms with Gasteiger partial charge in [0.15, 0.2) is 6.29 Å². The molecule has 0 aliphatic carbocycles. The number of ether oxygens (including phenoxy) is 2. The Morgan fingerprint density at radius 2 is 1.67 bits per heavy atom. The van der Waals surface area contributed by atoms with E-state index in [-0.39, 0.29) is 12.3 Å². The number of rotatable bonds is 6. The van der Waals surface area contributed by atoms with Crippen molar-refractivity contribution in [1.82, 2.24) is 5.06 Å². The quantitative estimate of drug-likeness (QED) is 0.815. The van der Waals surface area contributed by atoms with Gasteiger partial charge in [0.25, 0.3) is 0 Å². The lowest BCUT2D eigenvalue weighted by Crippen LogP contribution is -2.35. The zero-order chi connectivity index (χ0) is 16.2. The zero-order valence-electron chi connectivity index (χ0n) is 13.7. The van der Waals surface area contributed by atoms with E-state index < -0.39 is 0 Å². The van der Waals surface area contributed by atoms with E-state index in [0.717, 1.165) is 19.6 Å². The van der Waals surface area contributed by atoms with Crippen LogP contribution in [0.3, 0.4) is 0 Å². The summed E-state index contributed by atoms with van der Waals surface area (Å²) in [5.74, 6) is 0.393. The van der Waals surface area contributed by atoms with Gasteiger partial charge in [-0.25, -0.2) is 0 Å². The van der Waals surface area contributed by atoms with Crippen LogP contribution in [0.4, 0.5) is 0 Å². The second-order valence-corrected chi connectivity index (χ2v) is 6.43. The van der Waals surface area contributed by atoms with Crippen LogP contribution >= 0.6 is 0 Å². The first-order valence-electron chi connectivity index (χ1n) is 8.61. The van der Waals surface area contributed by atoms with E-state index in [1.807, 2.05) is 24.3 Å². The van der Waals surface area contributed by atoms with E-state index in [1.165, 1.54) is 11.1 Å². The number of fused-ring (bicyclic) bond motifs is 1. The number of hydroxylamine groups is 2. The van der Waals surface area contributed by atoms with Crippen molar-refractivity contribution < 1.29 is 14.3 Å². The van der Waals surface area contributed by atoms with Gasteiger partial charge in [0, 0.05) is 12.5 Å². The molecular formula is C20H23NO3. The van der Waals surface area contributed by atoms with E-state index in [4.69, 9.17) is 14.3 Å². The molecule has 0 aromatic heterocycles. The maximum atomic E-state index is 6.04. The van der Waals surface area contributed by atoms with Gasteiger partial charge in [0.1, 0.15) is 0 Å². The van der Waals surface area contributed by atoms with Gasteiger partial charge in [-0.05, 0) is 17.5 Å².